The van der Waals surface area contributed by atoms with E-state index in [9.17, 15) is 4.79 Å². The summed E-state index contributed by atoms with van der Waals surface area (Å²) in [7, 11) is 3.42. The molecular weight excluding hydrogens is 526 g/mol. The predicted molar refractivity (Wildman–Crippen MR) is 167 cm³/mol. The molecule has 2 aliphatic heterocycles. The first-order chi connectivity index (χ1) is 20.0. The van der Waals surface area contributed by atoms with Crippen LogP contribution >= 0.6 is 0 Å². The van der Waals surface area contributed by atoms with Crippen LogP contribution in [0.4, 0.5) is 4.79 Å². The second kappa shape index (κ2) is 12.5. The Hall–Kier alpha value is -2.77. The third kappa shape index (κ3) is 6.89. The number of nitrogens with zero attached hydrogens (tertiary/aromatic N) is 3. The van der Waals surface area contributed by atoms with Crippen LogP contribution in [-0.4, -0.2) is 79.4 Å². The molecule has 2 heterocycles. The quantitative estimate of drug-likeness (QED) is 0.358. The average molecular weight is 578 g/mol. The lowest BCUT2D eigenvalue weighted by molar-refractivity contribution is -0.0782. The van der Waals surface area contributed by atoms with Gasteiger partial charge in [0.1, 0.15) is 17.1 Å². The highest BCUT2D eigenvalue weighted by Crippen LogP contribution is 2.53. The molecule has 7 nitrogen and oxygen atoms in total. The maximum atomic E-state index is 12.6. The van der Waals surface area contributed by atoms with E-state index >= 15 is 0 Å². The first-order valence-electron chi connectivity index (χ1n) is 15.8. The van der Waals surface area contributed by atoms with Gasteiger partial charge in [-0.3, -0.25) is 9.80 Å². The van der Waals surface area contributed by atoms with Gasteiger partial charge in [0.05, 0.1) is 14.2 Å². The van der Waals surface area contributed by atoms with Gasteiger partial charge < -0.3 is 19.1 Å². The molecule has 0 aromatic heterocycles. The van der Waals surface area contributed by atoms with Crippen molar-refractivity contribution < 1.29 is 19.0 Å². The average Bonchev–Trinajstić information content (AvgIpc) is 2.95. The van der Waals surface area contributed by atoms with Crippen molar-refractivity contribution in [1.29, 1.82) is 0 Å². The summed E-state index contributed by atoms with van der Waals surface area (Å²) in [6, 6.07) is 16.2. The van der Waals surface area contributed by atoms with Crippen molar-refractivity contribution in [3.8, 4) is 11.5 Å². The maximum Gasteiger partial charge on any atom is 0.410 e. The van der Waals surface area contributed by atoms with Crippen molar-refractivity contribution in [2.45, 2.75) is 90.4 Å². The van der Waals surface area contributed by atoms with Crippen molar-refractivity contribution >= 4 is 6.09 Å². The Labute approximate surface area is 253 Å². The van der Waals surface area contributed by atoms with Crippen LogP contribution in [0.2, 0.25) is 0 Å². The molecule has 1 atom stereocenters. The molecule has 42 heavy (non-hydrogen) atoms. The van der Waals surface area contributed by atoms with E-state index in [4.69, 9.17) is 14.2 Å². The van der Waals surface area contributed by atoms with Crippen LogP contribution in [0.25, 0.3) is 0 Å². The monoisotopic (exact) mass is 577 g/mol. The van der Waals surface area contributed by atoms with E-state index < -0.39 is 5.60 Å². The lowest BCUT2D eigenvalue weighted by atomic mass is 9.59. The van der Waals surface area contributed by atoms with E-state index in [1.165, 1.54) is 29.5 Å². The Morgan fingerprint density at radius 2 is 1.60 bits per heavy atom. The Morgan fingerprint density at radius 3 is 2.19 bits per heavy atom. The van der Waals surface area contributed by atoms with Crippen LogP contribution in [0, 0.1) is 5.41 Å². The Bertz CT molecular complexity index is 1200. The lowest BCUT2D eigenvalue weighted by Crippen LogP contribution is -2.60. The van der Waals surface area contributed by atoms with E-state index in [0.29, 0.717) is 23.4 Å². The highest BCUT2D eigenvalue weighted by Gasteiger charge is 2.50. The second-order valence-corrected chi connectivity index (χ2v) is 14.0. The van der Waals surface area contributed by atoms with Gasteiger partial charge in [0, 0.05) is 57.4 Å². The van der Waals surface area contributed by atoms with Crippen molar-refractivity contribution in [3.63, 3.8) is 0 Å². The smallest absolute Gasteiger partial charge is 0.410 e. The van der Waals surface area contributed by atoms with Gasteiger partial charge in [-0.2, -0.15) is 0 Å². The molecular formula is C35H51N3O4. The fraction of sp³-hybridized carbons (Fsp3) is 0.629. The Morgan fingerprint density at radius 1 is 0.952 bits per heavy atom. The normalized spacial score (nSPS) is 21.8. The van der Waals surface area contributed by atoms with Gasteiger partial charge in [0.25, 0.3) is 0 Å². The fourth-order valence-corrected chi connectivity index (χ4v) is 7.34. The fourth-order valence-electron chi connectivity index (χ4n) is 7.34. The molecule has 230 valence electrons. The van der Waals surface area contributed by atoms with E-state index in [-0.39, 0.29) is 6.09 Å². The highest BCUT2D eigenvalue weighted by atomic mass is 16.6. The summed E-state index contributed by atoms with van der Waals surface area (Å²) < 4.78 is 16.7. The zero-order chi connectivity index (χ0) is 30.1. The Balaban J connectivity index is 1.29. The molecule has 1 unspecified atom stereocenters. The number of rotatable bonds is 7. The van der Waals surface area contributed by atoms with E-state index in [1.54, 1.807) is 14.2 Å². The molecule has 0 N–H and O–H groups in total. The van der Waals surface area contributed by atoms with Gasteiger partial charge in [-0.05, 0) is 86.6 Å². The van der Waals surface area contributed by atoms with Crippen LogP contribution in [0.15, 0.2) is 42.5 Å². The molecule has 1 saturated carbocycles. The summed E-state index contributed by atoms with van der Waals surface area (Å²) in [6.07, 6.45) is 4.44. The van der Waals surface area contributed by atoms with Crippen LogP contribution in [0.5, 0.6) is 11.5 Å². The SMILES string of the molecule is COc1cc(CN2CCN(C3CC4(CCN(C(=O)OC(C)(C)C)CC4)C3)C(c3ccccc3C(C)C)C2)cc(OC)c1. The van der Waals surface area contributed by atoms with Gasteiger partial charge in [-0.15, -0.1) is 0 Å². The number of carbonyl (C=O) groups excluding carboxylic acids is 1. The number of hydrogen-bond donors (Lipinski definition) is 0. The molecule has 3 fully saturated rings. The first-order valence-corrected chi connectivity index (χ1v) is 15.8. The van der Waals surface area contributed by atoms with E-state index in [0.717, 1.165) is 63.6 Å². The number of piperidine rings is 1. The standard InChI is InChI=1S/C35H51N3O4/c1-25(2)30-10-8-9-11-31(30)32-24-36(23-26-18-28(40-6)20-29(19-26)41-7)16-17-38(32)27-21-35(22-27)12-14-37(15-13-35)33(39)42-34(3,4)5/h8-11,18-20,25,27,32H,12-17,21-24H2,1-7H3. The van der Waals surface area contributed by atoms with Crippen LogP contribution in [-0.2, 0) is 11.3 Å². The second-order valence-electron chi connectivity index (χ2n) is 14.0. The molecule has 0 bridgehead atoms. The molecule has 7 heteroatoms. The number of hydrogen-bond acceptors (Lipinski definition) is 6. The molecule has 0 radical (unpaired) electrons. The minimum Gasteiger partial charge on any atom is -0.497 e. The number of carbonyl (C=O) groups is 1. The first kappa shape index (κ1) is 30.7. The van der Waals surface area contributed by atoms with Crippen LogP contribution < -0.4 is 9.47 Å². The van der Waals surface area contributed by atoms with Gasteiger partial charge >= 0.3 is 6.09 Å². The largest absolute Gasteiger partial charge is 0.497 e. The number of ether oxygens (including phenoxy) is 3. The van der Waals surface area contributed by atoms with Crippen molar-refractivity contribution in [2.24, 2.45) is 5.41 Å². The third-order valence-electron chi connectivity index (χ3n) is 9.58. The molecule has 5 rings (SSSR count). The van der Waals surface area contributed by atoms with E-state index in [1.807, 2.05) is 31.7 Å². The van der Waals surface area contributed by atoms with Gasteiger partial charge in [0.2, 0.25) is 0 Å². The topological polar surface area (TPSA) is 54.5 Å². The lowest BCUT2D eigenvalue weighted by Gasteiger charge is -2.58. The summed E-state index contributed by atoms with van der Waals surface area (Å²) in [5.41, 5.74) is 4.06. The molecule has 1 amide bonds. The molecule has 2 aromatic rings. The van der Waals surface area contributed by atoms with Crippen molar-refractivity contribution in [1.82, 2.24) is 14.7 Å². The summed E-state index contributed by atoms with van der Waals surface area (Å²) in [5.74, 6) is 2.15. The summed E-state index contributed by atoms with van der Waals surface area (Å²) in [4.78, 5) is 20.0. The molecule has 1 spiro atoms. The van der Waals surface area contributed by atoms with Crippen molar-refractivity contribution in [3.05, 3.63) is 59.2 Å². The van der Waals surface area contributed by atoms with Gasteiger partial charge in [-0.25, -0.2) is 4.79 Å². The van der Waals surface area contributed by atoms with E-state index in [2.05, 4.69) is 60.0 Å². The molecule has 2 saturated heterocycles. The van der Waals surface area contributed by atoms with Crippen LogP contribution in [0.1, 0.15) is 89.0 Å². The molecule has 1 aliphatic carbocycles. The predicted octanol–water partition coefficient (Wildman–Crippen LogP) is 6.87. The summed E-state index contributed by atoms with van der Waals surface area (Å²) in [5, 5.41) is 0. The molecule has 3 aliphatic rings. The third-order valence-corrected chi connectivity index (χ3v) is 9.58. The summed E-state index contributed by atoms with van der Waals surface area (Å²) >= 11 is 0. The zero-order valence-electron chi connectivity index (χ0n) is 26.8. The number of methoxy groups -OCH3 is 2. The minimum atomic E-state index is -0.449. The zero-order valence-corrected chi connectivity index (χ0v) is 26.8. The highest BCUT2D eigenvalue weighted by molar-refractivity contribution is 5.68. The molecule has 2 aromatic carbocycles. The number of piperazine rings is 1. The maximum absolute atomic E-state index is 12.6. The summed E-state index contributed by atoms with van der Waals surface area (Å²) in [6.45, 7) is 16.0. The van der Waals surface area contributed by atoms with Gasteiger partial charge in [-0.1, -0.05) is 38.1 Å². The van der Waals surface area contributed by atoms with Crippen LogP contribution in [0.3, 0.4) is 0 Å². The van der Waals surface area contributed by atoms with Gasteiger partial charge in [0.15, 0.2) is 0 Å². The number of amides is 1. The number of likely N-dealkylation sites (tertiary alicyclic amines) is 1. The Kier molecular flexibility index (Phi) is 9.10. The van der Waals surface area contributed by atoms with Crippen molar-refractivity contribution in [2.75, 3.05) is 46.9 Å². The number of benzene rings is 2. The minimum absolute atomic E-state index is 0.164.